The van der Waals surface area contributed by atoms with E-state index in [-0.39, 0.29) is 6.03 Å². The maximum absolute atomic E-state index is 12.8. The second-order valence-electron chi connectivity index (χ2n) is 10.6. The van der Waals surface area contributed by atoms with E-state index >= 15 is 0 Å². The van der Waals surface area contributed by atoms with Gasteiger partial charge in [0, 0.05) is 29.6 Å². The molecule has 9 heteroatoms. The minimum atomic E-state index is -0.792. The number of nitrogens with one attached hydrogen (secondary N) is 2. The van der Waals surface area contributed by atoms with Gasteiger partial charge in [-0.25, -0.2) is 9.59 Å². The number of hydrogen-bond donors (Lipinski definition) is 2. The second-order valence-corrected chi connectivity index (χ2v) is 10.6. The lowest BCUT2D eigenvalue weighted by Crippen LogP contribution is -2.36. The van der Waals surface area contributed by atoms with E-state index in [0.717, 1.165) is 38.9 Å². The van der Waals surface area contributed by atoms with Gasteiger partial charge in [-0.3, -0.25) is 9.79 Å². The van der Waals surface area contributed by atoms with Crippen molar-refractivity contribution >= 4 is 29.4 Å². The van der Waals surface area contributed by atoms with E-state index in [4.69, 9.17) is 9.47 Å². The molecular formula is C32H40N4O5. The summed E-state index contributed by atoms with van der Waals surface area (Å²) in [6, 6.07) is 17.5. The van der Waals surface area contributed by atoms with Crippen LogP contribution in [0.15, 0.2) is 70.9 Å². The highest BCUT2D eigenvalue weighted by atomic mass is 16.5. The molecule has 41 heavy (non-hydrogen) atoms. The molecule has 0 bridgehead atoms. The van der Waals surface area contributed by atoms with Gasteiger partial charge in [0.2, 0.25) is 0 Å². The van der Waals surface area contributed by atoms with Crippen LogP contribution in [-0.4, -0.2) is 69.0 Å². The van der Waals surface area contributed by atoms with E-state index in [0.29, 0.717) is 40.7 Å². The number of allylic oxidation sites excluding steroid dienone is 1. The van der Waals surface area contributed by atoms with E-state index in [1.165, 1.54) is 19.8 Å². The molecule has 2 amide bonds. The number of piperidine rings is 1. The largest absolute Gasteiger partial charge is 0.468 e. The Morgan fingerprint density at radius 2 is 1.66 bits per heavy atom. The van der Waals surface area contributed by atoms with Crippen LogP contribution in [0.2, 0.25) is 0 Å². The third-order valence-electron chi connectivity index (χ3n) is 7.99. The van der Waals surface area contributed by atoms with Crippen molar-refractivity contribution in [3.63, 3.8) is 0 Å². The number of amides is 2. The normalized spacial score (nSPS) is 19.8. The van der Waals surface area contributed by atoms with Crippen molar-refractivity contribution in [3.05, 3.63) is 77.0 Å². The number of likely N-dealkylation sites (tertiary alicyclic amines) is 1. The summed E-state index contributed by atoms with van der Waals surface area (Å²) in [5, 5.41) is 5.82. The number of aliphatic imine (C=N–C) groups is 1. The molecule has 0 spiro atoms. The number of benzene rings is 2. The van der Waals surface area contributed by atoms with Crippen molar-refractivity contribution in [2.45, 2.75) is 44.9 Å². The summed E-state index contributed by atoms with van der Waals surface area (Å²) in [4.78, 5) is 45.1. The van der Waals surface area contributed by atoms with Crippen molar-refractivity contribution in [2.75, 3.05) is 45.7 Å². The van der Waals surface area contributed by atoms with Crippen molar-refractivity contribution in [1.82, 2.24) is 10.2 Å². The molecule has 4 rings (SSSR count). The molecule has 2 aromatic rings. The molecule has 2 N–H and O–H groups in total. The number of carbonyl (C=O) groups excluding carboxylic acids is 3. The third kappa shape index (κ3) is 7.41. The fourth-order valence-corrected chi connectivity index (χ4v) is 5.91. The Kier molecular flexibility index (Phi) is 10.3. The summed E-state index contributed by atoms with van der Waals surface area (Å²) in [5.74, 6) is -1.88. The summed E-state index contributed by atoms with van der Waals surface area (Å²) in [7, 11) is 2.61. The fraction of sp³-hybridized carbons (Fsp3) is 0.438. The monoisotopic (exact) mass is 560 g/mol. The van der Waals surface area contributed by atoms with Crippen LogP contribution in [0.1, 0.15) is 56.1 Å². The van der Waals surface area contributed by atoms with Crippen molar-refractivity contribution in [1.29, 1.82) is 0 Å². The Bertz CT molecular complexity index is 1300. The number of methoxy groups -OCH3 is 2. The van der Waals surface area contributed by atoms with Gasteiger partial charge in [0.25, 0.3) is 0 Å². The average molecular weight is 561 g/mol. The predicted octanol–water partition coefficient (Wildman–Crippen LogP) is 4.87. The minimum absolute atomic E-state index is 0.294. The number of hydrogen-bond acceptors (Lipinski definition) is 7. The zero-order valence-corrected chi connectivity index (χ0v) is 24.3. The van der Waals surface area contributed by atoms with Gasteiger partial charge in [-0.15, -0.1) is 0 Å². The Morgan fingerprint density at radius 1 is 0.951 bits per heavy atom. The molecule has 0 aliphatic carbocycles. The van der Waals surface area contributed by atoms with E-state index in [2.05, 4.69) is 50.9 Å². The Morgan fingerprint density at radius 3 is 2.34 bits per heavy atom. The summed E-state index contributed by atoms with van der Waals surface area (Å²) < 4.78 is 10.1. The first kappa shape index (κ1) is 30.0. The lowest BCUT2D eigenvalue weighted by Gasteiger charge is -2.32. The summed E-state index contributed by atoms with van der Waals surface area (Å²) in [6.45, 7) is 7.10. The first-order valence-corrected chi connectivity index (χ1v) is 14.2. The van der Waals surface area contributed by atoms with Gasteiger partial charge >= 0.3 is 18.0 Å². The highest BCUT2D eigenvalue weighted by Gasteiger charge is 2.42. The van der Waals surface area contributed by atoms with E-state index < -0.39 is 23.8 Å². The second kappa shape index (κ2) is 14.1. The number of rotatable bonds is 9. The topological polar surface area (TPSA) is 109 Å². The lowest BCUT2D eigenvalue weighted by molar-refractivity contribution is -0.143. The first-order chi connectivity index (χ1) is 19.8. The van der Waals surface area contributed by atoms with E-state index in [1.54, 1.807) is 32.0 Å². The first-order valence-electron chi connectivity index (χ1n) is 14.2. The van der Waals surface area contributed by atoms with Gasteiger partial charge in [-0.2, -0.15) is 0 Å². The smallest absolute Gasteiger partial charge is 0.336 e. The number of esters is 2. The zero-order chi connectivity index (χ0) is 29.4. The van der Waals surface area contributed by atoms with Crippen molar-refractivity contribution < 1.29 is 23.9 Å². The molecule has 2 aliphatic rings. The van der Waals surface area contributed by atoms with Gasteiger partial charge in [-0.1, -0.05) is 42.5 Å². The fourth-order valence-electron chi connectivity index (χ4n) is 5.91. The molecule has 0 aromatic heterocycles. The number of ether oxygens (including phenoxy) is 2. The molecule has 2 heterocycles. The van der Waals surface area contributed by atoms with E-state index in [9.17, 15) is 14.4 Å². The summed E-state index contributed by atoms with van der Waals surface area (Å²) in [6.07, 6.45) is 3.17. The maximum Gasteiger partial charge on any atom is 0.336 e. The van der Waals surface area contributed by atoms with Gasteiger partial charge < -0.3 is 25.0 Å². The molecule has 2 unspecified atom stereocenters. The standard InChI is InChI=1S/C32H40N4O5/c1-21-27(30(37)40-3)29(28(22(2)34-21)31(38)41-4)25-12-8-13-26(20-25)35-32(39)33-16-9-17-36-18-14-24(15-19-36)23-10-6-5-7-11-23/h5-8,10-13,20,24,27,29H,9,14-19H2,1-4H3,(H2,33,35,39). The minimum Gasteiger partial charge on any atom is -0.468 e. The molecule has 9 nitrogen and oxygen atoms in total. The van der Waals surface area contributed by atoms with Gasteiger partial charge in [-0.05, 0) is 81.9 Å². The van der Waals surface area contributed by atoms with Gasteiger partial charge in [0.05, 0.1) is 19.8 Å². The molecule has 2 atom stereocenters. The summed E-state index contributed by atoms with van der Waals surface area (Å²) >= 11 is 0. The summed E-state index contributed by atoms with van der Waals surface area (Å²) in [5.41, 5.74) is 3.98. The highest BCUT2D eigenvalue weighted by Crippen LogP contribution is 2.40. The highest BCUT2D eigenvalue weighted by molar-refractivity contribution is 6.07. The van der Waals surface area contributed by atoms with Gasteiger partial charge in [0.15, 0.2) is 0 Å². The molecule has 0 radical (unpaired) electrons. The molecule has 218 valence electrons. The molecule has 1 fully saturated rings. The lowest BCUT2D eigenvalue weighted by atomic mass is 9.75. The van der Waals surface area contributed by atoms with Crippen LogP contribution >= 0.6 is 0 Å². The molecule has 0 saturated carbocycles. The third-order valence-corrected chi connectivity index (χ3v) is 7.99. The van der Waals surface area contributed by atoms with Crippen molar-refractivity contribution in [2.24, 2.45) is 10.9 Å². The molecular weight excluding hydrogens is 520 g/mol. The van der Waals surface area contributed by atoms with Crippen LogP contribution in [0.3, 0.4) is 0 Å². The van der Waals surface area contributed by atoms with Crippen LogP contribution in [0, 0.1) is 5.92 Å². The van der Waals surface area contributed by atoms with Crippen LogP contribution in [0.4, 0.5) is 10.5 Å². The van der Waals surface area contributed by atoms with Crippen molar-refractivity contribution in [3.8, 4) is 0 Å². The zero-order valence-electron chi connectivity index (χ0n) is 24.3. The average Bonchev–Trinajstić information content (AvgIpc) is 2.99. The number of carbonyl (C=O) groups is 3. The Hall–Kier alpha value is -3.98. The quantitative estimate of drug-likeness (QED) is 0.335. The van der Waals surface area contributed by atoms with Gasteiger partial charge in [0.1, 0.15) is 5.92 Å². The molecule has 2 aliphatic heterocycles. The number of anilines is 1. The Labute approximate surface area is 242 Å². The van der Waals surface area contributed by atoms with Crippen LogP contribution in [0.25, 0.3) is 0 Å². The predicted molar refractivity (Wildman–Crippen MR) is 159 cm³/mol. The number of urea groups is 1. The maximum atomic E-state index is 12.8. The number of nitrogens with zero attached hydrogens (tertiary/aromatic N) is 2. The Balaban J connectivity index is 1.32. The van der Waals surface area contributed by atoms with Crippen LogP contribution in [0.5, 0.6) is 0 Å². The van der Waals surface area contributed by atoms with Crippen LogP contribution in [-0.2, 0) is 19.1 Å². The van der Waals surface area contributed by atoms with Crippen LogP contribution < -0.4 is 10.6 Å². The van der Waals surface area contributed by atoms with E-state index in [1.807, 2.05) is 6.07 Å². The molecule has 1 saturated heterocycles. The molecule has 2 aromatic carbocycles. The SMILES string of the molecule is COC(=O)C1=C(C)N=C(C)C(C(=O)OC)C1c1cccc(NC(=O)NCCCN2CCC(c3ccccc3)CC2)c1.